The molecule has 6 rings (SSSR count). The number of nitrogens with zero attached hydrogens (tertiary/aromatic N) is 3. The van der Waals surface area contributed by atoms with Crippen molar-refractivity contribution < 1.29 is 14.4 Å². The molecule has 4 heterocycles. The number of fused-ring (bicyclic) bond motifs is 1. The summed E-state index contributed by atoms with van der Waals surface area (Å²) in [5.74, 6) is 0.124. The lowest BCUT2D eigenvalue weighted by molar-refractivity contribution is -0.120. The van der Waals surface area contributed by atoms with Crippen LogP contribution in [0.2, 0.25) is 5.02 Å². The second-order valence-electron chi connectivity index (χ2n) is 9.64. The number of amides is 3. The van der Waals surface area contributed by atoms with Crippen molar-refractivity contribution in [3.8, 4) is 0 Å². The summed E-state index contributed by atoms with van der Waals surface area (Å²) in [6.07, 6.45) is 5.93. The molecule has 1 aliphatic carbocycles. The van der Waals surface area contributed by atoms with Crippen molar-refractivity contribution in [3.63, 3.8) is 0 Å². The topological polar surface area (TPSA) is 104 Å². The largest absolute Gasteiger partial charge is 0.323 e. The third-order valence-electron chi connectivity index (χ3n) is 6.89. The number of benzene rings is 1. The van der Waals surface area contributed by atoms with Crippen LogP contribution in [-0.2, 0) is 17.8 Å². The first-order valence-electron chi connectivity index (χ1n) is 12.6. The van der Waals surface area contributed by atoms with E-state index in [4.69, 9.17) is 11.6 Å². The molecule has 0 saturated heterocycles. The molecule has 1 atom stereocenters. The average molecular weight is 558 g/mol. The molecule has 39 heavy (non-hydrogen) atoms. The Balaban J connectivity index is 1.24. The zero-order valence-electron chi connectivity index (χ0n) is 20.8. The van der Waals surface area contributed by atoms with Crippen LogP contribution >= 0.6 is 22.9 Å². The van der Waals surface area contributed by atoms with Gasteiger partial charge in [-0.15, -0.1) is 11.3 Å². The van der Waals surface area contributed by atoms with Gasteiger partial charge in [-0.05, 0) is 77.7 Å². The molecule has 1 saturated carbocycles. The fourth-order valence-electron chi connectivity index (χ4n) is 4.71. The Bertz CT molecular complexity index is 1570. The highest BCUT2D eigenvalue weighted by Gasteiger charge is 2.36. The van der Waals surface area contributed by atoms with Crippen molar-refractivity contribution in [2.75, 3.05) is 10.6 Å². The van der Waals surface area contributed by atoms with Gasteiger partial charge in [0.1, 0.15) is 16.7 Å². The molecule has 0 radical (unpaired) electrons. The number of anilines is 2. The summed E-state index contributed by atoms with van der Waals surface area (Å²) in [5, 5.41) is 7.74. The highest BCUT2D eigenvalue weighted by Crippen LogP contribution is 2.40. The van der Waals surface area contributed by atoms with Gasteiger partial charge in [-0.1, -0.05) is 23.7 Å². The van der Waals surface area contributed by atoms with E-state index in [1.54, 1.807) is 53.0 Å². The van der Waals surface area contributed by atoms with Crippen molar-refractivity contribution >= 4 is 52.2 Å². The molecule has 3 aromatic heterocycles. The predicted molar refractivity (Wildman–Crippen MR) is 150 cm³/mol. The predicted octanol–water partition coefficient (Wildman–Crippen LogP) is 5.53. The lowest BCUT2D eigenvalue weighted by Crippen LogP contribution is -2.46. The molecular weight excluding hydrogens is 534 g/mol. The number of rotatable bonds is 7. The van der Waals surface area contributed by atoms with E-state index in [1.165, 1.54) is 16.9 Å². The zero-order chi connectivity index (χ0) is 26.9. The Morgan fingerprint density at radius 3 is 2.72 bits per heavy atom. The van der Waals surface area contributed by atoms with E-state index < -0.39 is 6.04 Å². The fourth-order valence-corrected chi connectivity index (χ4v) is 5.81. The summed E-state index contributed by atoms with van der Waals surface area (Å²) in [7, 11) is 0. The van der Waals surface area contributed by atoms with E-state index in [0.29, 0.717) is 39.1 Å². The summed E-state index contributed by atoms with van der Waals surface area (Å²) in [6, 6.07) is 15.3. The van der Waals surface area contributed by atoms with Gasteiger partial charge in [-0.3, -0.25) is 19.4 Å². The molecular formula is C29H24ClN5O3S. The van der Waals surface area contributed by atoms with Gasteiger partial charge in [0.15, 0.2) is 0 Å². The van der Waals surface area contributed by atoms with Gasteiger partial charge < -0.3 is 15.5 Å². The molecule has 8 nitrogen and oxygen atoms in total. The summed E-state index contributed by atoms with van der Waals surface area (Å²) in [6.45, 7) is 0.133. The van der Waals surface area contributed by atoms with Crippen molar-refractivity contribution in [2.45, 2.75) is 37.8 Å². The molecule has 0 bridgehead atoms. The van der Waals surface area contributed by atoms with Gasteiger partial charge in [-0.25, -0.2) is 4.98 Å². The third kappa shape index (κ3) is 5.41. The molecule has 2 N–H and O–H groups in total. The monoisotopic (exact) mass is 557 g/mol. The summed E-state index contributed by atoms with van der Waals surface area (Å²) in [5.41, 5.74) is 3.36. The van der Waals surface area contributed by atoms with Crippen molar-refractivity contribution in [2.24, 2.45) is 0 Å². The van der Waals surface area contributed by atoms with Crippen LogP contribution in [-0.4, -0.2) is 38.6 Å². The zero-order valence-corrected chi connectivity index (χ0v) is 22.3. The van der Waals surface area contributed by atoms with Gasteiger partial charge in [0, 0.05) is 31.1 Å². The SMILES string of the molecule is O=C(Nc1cc(C2CC2)ccn1)c1ccc(CN2C(=O)c3sccc3NC(=O)[C@H]2Cc2ccccn2)cc1Cl. The maximum Gasteiger partial charge on any atom is 0.267 e. The molecule has 0 unspecified atom stereocenters. The van der Waals surface area contributed by atoms with Crippen LogP contribution in [0, 0.1) is 0 Å². The Labute approximate surface area is 234 Å². The normalized spacial score (nSPS) is 16.8. The number of carbonyl (C=O) groups excluding carboxylic acids is 3. The molecule has 0 spiro atoms. The maximum atomic E-state index is 13.6. The van der Waals surface area contributed by atoms with Crippen LogP contribution in [0.5, 0.6) is 0 Å². The van der Waals surface area contributed by atoms with Crippen LogP contribution < -0.4 is 10.6 Å². The standard InChI is InChI=1S/C29H24ClN5O3S/c30-22-13-17(4-7-21(22)27(36)34-25-14-19(8-11-32-25)18-5-6-18)16-35-24(15-20-3-1-2-10-31-20)28(37)33-23-9-12-39-26(23)29(35)38/h1-4,7-14,18,24H,5-6,15-16H2,(H,33,37)(H,32,34,36)/t24-/m1/s1. The highest BCUT2D eigenvalue weighted by molar-refractivity contribution is 7.12. The van der Waals surface area contributed by atoms with Gasteiger partial charge in [0.2, 0.25) is 5.91 Å². The van der Waals surface area contributed by atoms with Crippen LogP contribution in [0.25, 0.3) is 0 Å². The van der Waals surface area contributed by atoms with Gasteiger partial charge in [0.05, 0.1) is 16.3 Å². The smallest absolute Gasteiger partial charge is 0.267 e. The van der Waals surface area contributed by atoms with Crippen LogP contribution in [0.3, 0.4) is 0 Å². The number of nitrogens with one attached hydrogen (secondary N) is 2. The molecule has 4 aromatic rings. The minimum Gasteiger partial charge on any atom is -0.323 e. The van der Waals surface area contributed by atoms with E-state index in [9.17, 15) is 14.4 Å². The van der Waals surface area contributed by atoms with Crippen LogP contribution in [0.1, 0.15) is 55.6 Å². The van der Waals surface area contributed by atoms with Gasteiger partial charge in [0.25, 0.3) is 11.8 Å². The van der Waals surface area contributed by atoms with E-state index in [1.807, 2.05) is 24.3 Å². The first-order chi connectivity index (χ1) is 19.0. The number of pyridine rings is 2. The van der Waals surface area contributed by atoms with Crippen molar-refractivity contribution in [1.29, 1.82) is 0 Å². The Morgan fingerprint density at radius 1 is 1.08 bits per heavy atom. The van der Waals surface area contributed by atoms with E-state index >= 15 is 0 Å². The lowest BCUT2D eigenvalue weighted by atomic mass is 10.1. The van der Waals surface area contributed by atoms with Crippen molar-refractivity contribution in [1.82, 2.24) is 14.9 Å². The number of aromatic nitrogens is 2. The summed E-state index contributed by atoms with van der Waals surface area (Å²) in [4.78, 5) is 50.5. The minimum absolute atomic E-state index is 0.133. The Kier molecular flexibility index (Phi) is 6.85. The first-order valence-corrected chi connectivity index (χ1v) is 13.9. The van der Waals surface area contributed by atoms with Crippen LogP contribution in [0.4, 0.5) is 11.5 Å². The molecule has 1 aliphatic heterocycles. The number of hydrogen-bond acceptors (Lipinski definition) is 6. The quantitative estimate of drug-likeness (QED) is 0.311. The highest BCUT2D eigenvalue weighted by atomic mass is 35.5. The van der Waals surface area contributed by atoms with E-state index in [2.05, 4.69) is 20.6 Å². The average Bonchev–Trinajstić information content (AvgIpc) is 3.70. The summed E-state index contributed by atoms with van der Waals surface area (Å²) < 4.78 is 0. The first kappa shape index (κ1) is 25.2. The lowest BCUT2D eigenvalue weighted by Gasteiger charge is -2.28. The number of halogens is 1. The molecule has 2 aliphatic rings. The second kappa shape index (κ2) is 10.6. The number of carbonyl (C=O) groups is 3. The molecule has 196 valence electrons. The number of thiophene rings is 1. The maximum absolute atomic E-state index is 13.6. The van der Waals surface area contributed by atoms with Crippen LogP contribution in [0.15, 0.2) is 72.4 Å². The molecule has 1 aromatic carbocycles. The minimum atomic E-state index is -0.779. The van der Waals surface area contributed by atoms with Gasteiger partial charge >= 0.3 is 0 Å². The number of hydrogen-bond donors (Lipinski definition) is 2. The second-order valence-corrected chi connectivity index (χ2v) is 11.0. The Morgan fingerprint density at radius 2 is 1.95 bits per heavy atom. The van der Waals surface area contributed by atoms with E-state index in [0.717, 1.165) is 12.8 Å². The molecule has 1 fully saturated rings. The van der Waals surface area contributed by atoms with E-state index in [-0.39, 0.29) is 35.7 Å². The Hall–Kier alpha value is -4.08. The molecule has 3 amide bonds. The third-order valence-corrected chi connectivity index (χ3v) is 8.11. The summed E-state index contributed by atoms with van der Waals surface area (Å²) >= 11 is 7.84. The van der Waals surface area contributed by atoms with Gasteiger partial charge in [-0.2, -0.15) is 0 Å². The fraction of sp³-hybridized carbons (Fsp3) is 0.207. The molecule has 10 heteroatoms. The van der Waals surface area contributed by atoms with Crippen molar-refractivity contribution in [3.05, 3.63) is 105 Å².